The minimum absolute atomic E-state index is 0.186. The van der Waals surface area contributed by atoms with Gasteiger partial charge in [-0.05, 0) is 44.7 Å². The molecule has 5 heteroatoms. The first kappa shape index (κ1) is 16.7. The minimum Gasteiger partial charge on any atom is -0.490 e. The SMILES string of the molecule is N#Cc1cncc2cccc(O[C@H]3CC[C@@H](NCCCO)CC3)c12. The molecule has 0 spiro atoms. The standard InChI is InChI=1S/C19H23N3O2/c20-11-15-13-21-12-14-3-1-4-18(19(14)15)24-17-7-5-16(6-8-17)22-9-2-10-23/h1,3-4,12-13,16-17,22-23H,2,5-10H2/t16-,17+. The van der Waals surface area contributed by atoms with Gasteiger partial charge < -0.3 is 15.2 Å². The van der Waals surface area contributed by atoms with Gasteiger partial charge in [0.2, 0.25) is 0 Å². The third kappa shape index (κ3) is 3.84. The Balaban J connectivity index is 1.66. The lowest BCUT2D eigenvalue weighted by Crippen LogP contribution is -2.37. The molecule has 0 unspecified atom stereocenters. The second-order valence-electron chi connectivity index (χ2n) is 6.28. The first-order chi connectivity index (χ1) is 11.8. The summed E-state index contributed by atoms with van der Waals surface area (Å²) in [6.45, 7) is 1.11. The molecule has 1 aromatic heterocycles. The summed E-state index contributed by atoms with van der Waals surface area (Å²) < 4.78 is 6.24. The summed E-state index contributed by atoms with van der Waals surface area (Å²) >= 11 is 0. The van der Waals surface area contributed by atoms with Crippen molar-refractivity contribution in [1.29, 1.82) is 5.26 Å². The number of pyridine rings is 1. The lowest BCUT2D eigenvalue weighted by molar-refractivity contribution is 0.141. The normalized spacial score (nSPS) is 20.7. The summed E-state index contributed by atoms with van der Waals surface area (Å²) in [5.74, 6) is 0.781. The van der Waals surface area contributed by atoms with E-state index in [1.807, 2.05) is 18.2 Å². The van der Waals surface area contributed by atoms with E-state index in [4.69, 9.17) is 9.84 Å². The van der Waals surface area contributed by atoms with E-state index in [0.717, 1.165) is 55.2 Å². The van der Waals surface area contributed by atoms with Crippen molar-refractivity contribution >= 4 is 10.8 Å². The highest BCUT2D eigenvalue weighted by Gasteiger charge is 2.22. The number of hydrogen-bond donors (Lipinski definition) is 2. The van der Waals surface area contributed by atoms with Gasteiger partial charge in [-0.1, -0.05) is 12.1 Å². The second-order valence-corrected chi connectivity index (χ2v) is 6.28. The van der Waals surface area contributed by atoms with E-state index in [2.05, 4.69) is 16.4 Å². The van der Waals surface area contributed by atoms with E-state index in [1.165, 1.54) is 0 Å². The number of rotatable bonds is 6. The Morgan fingerprint density at radius 3 is 2.83 bits per heavy atom. The highest BCUT2D eigenvalue weighted by atomic mass is 16.5. The topological polar surface area (TPSA) is 78.2 Å². The zero-order valence-corrected chi connectivity index (χ0v) is 13.7. The van der Waals surface area contributed by atoms with Crippen molar-refractivity contribution in [2.24, 2.45) is 0 Å². The molecule has 24 heavy (non-hydrogen) atoms. The molecular weight excluding hydrogens is 302 g/mol. The minimum atomic E-state index is 0.186. The molecule has 1 saturated carbocycles. The fourth-order valence-electron chi connectivity index (χ4n) is 3.33. The quantitative estimate of drug-likeness (QED) is 0.799. The molecule has 1 aliphatic rings. The lowest BCUT2D eigenvalue weighted by Gasteiger charge is -2.30. The number of nitriles is 1. The summed E-state index contributed by atoms with van der Waals surface area (Å²) in [4.78, 5) is 4.11. The van der Waals surface area contributed by atoms with Gasteiger partial charge in [0.1, 0.15) is 11.8 Å². The first-order valence-electron chi connectivity index (χ1n) is 8.59. The van der Waals surface area contributed by atoms with Crippen molar-refractivity contribution in [1.82, 2.24) is 10.3 Å². The van der Waals surface area contributed by atoms with E-state index < -0.39 is 0 Å². The van der Waals surface area contributed by atoms with Gasteiger partial charge in [0.25, 0.3) is 0 Å². The highest BCUT2D eigenvalue weighted by Crippen LogP contribution is 2.31. The summed E-state index contributed by atoms with van der Waals surface area (Å²) in [5.41, 5.74) is 0.558. The van der Waals surface area contributed by atoms with Gasteiger partial charge in [0, 0.05) is 35.8 Å². The molecule has 1 fully saturated rings. The van der Waals surface area contributed by atoms with Crippen LogP contribution in [0.4, 0.5) is 0 Å². The number of aliphatic hydroxyl groups excluding tert-OH is 1. The lowest BCUT2D eigenvalue weighted by atomic mass is 9.92. The maximum absolute atomic E-state index is 9.33. The first-order valence-corrected chi connectivity index (χ1v) is 8.59. The molecule has 0 aliphatic heterocycles. The Morgan fingerprint density at radius 2 is 2.08 bits per heavy atom. The maximum Gasteiger partial charge on any atom is 0.128 e. The average molecular weight is 325 g/mol. The third-order valence-electron chi connectivity index (χ3n) is 4.60. The van der Waals surface area contributed by atoms with Crippen LogP contribution in [-0.4, -0.2) is 35.4 Å². The molecule has 0 atom stereocenters. The molecule has 0 bridgehead atoms. The van der Waals surface area contributed by atoms with Crippen molar-refractivity contribution in [3.63, 3.8) is 0 Å². The molecule has 0 saturated heterocycles. The van der Waals surface area contributed by atoms with Gasteiger partial charge in [-0.3, -0.25) is 4.98 Å². The molecular formula is C19H23N3O2. The van der Waals surface area contributed by atoms with E-state index in [1.54, 1.807) is 12.4 Å². The van der Waals surface area contributed by atoms with Crippen LogP contribution in [0.1, 0.15) is 37.7 Å². The molecule has 126 valence electrons. The third-order valence-corrected chi connectivity index (χ3v) is 4.60. The molecule has 3 rings (SSSR count). The van der Waals surface area contributed by atoms with Crippen LogP contribution in [0, 0.1) is 11.3 Å². The summed E-state index contributed by atoms with van der Waals surface area (Å²) in [6.07, 6.45) is 8.51. The Labute approximate surface area is 142 Å². The van der Waals surface area contributed by atoms with Crippen molar-refractivity contribution in [3.05, 3.63) is 36.2 Å². The molecule has 5 nitrogen and oxygen atoms in total. The Morgan fingerprint density at radius 1 is 1.25 bits per heavy atom. The van der Waals surface area contributed by atoms with E-state index in [-0.39, 0.29) is 12.7 Å². The van der Waals surface area contributed by atoms with E-state index >= 15 is 0 Å². The fraction of sp³-hybridized carbons (Fsp3) is 0.474. The predicted molar refractivity (Wildman–Crippen MR) is 92.8 cm³/mol. The van der Waals surface area contributed by atoms with Crippen molar-refractivity contribution in [2.75, 3.05) is 13.2 Å². The Bertz CT molecular complexity index is 713. The van der Waals surface area contributed by atoms with Crippen LogP contribution in [-0.2, 0) is 0 Å². The summed E-state index contributed by atoms with van der Waals surface area (Å²) in [7, 11) is 0. The molecule has 2 N–H and O–H groups in total. The molecule has 1 aliphatic carbocycles. The van der Waals surface area contributed by atoms with Crippen LogP contribution in [0.15, 0.2) is 30.6 Å². The Hall–Kier alpha value is -2.16. The summed E-state index contributed by atoms with van der Waals surface area (Å²) in [5, 5.41) is 23.5. The number of ether oxygens (including phenoxy) is 1. The van der Waals surface area contributed by atoms with Crippen LogP contribution in [0.2, 0.25) is 0 Å². The van der Waals surface area contributed by atoms with Crippen molar-refractivity contribution < 1.29 is 9.84 Å². The van der Waals surface area contributed by atoms with Crippen LogP contribution >= 0.6 is 0 Å². The fourth-order valence-corrected chi connectivity index (χ4v) is 3.33. The highest BCUT2D eigenvalue weighted by molar-refractivity contribution is 5.92. The molecule has 1 aromatic carbocycles. The van der Waals surface area contributed by atoms with Gasteiger partial charge in [-0.2, -0.15) is 5.26 Å². The summed E-state index contributed by atoms with van der Waals surface area (Å²) in [6, 6.07) is 8.57. The average Bonchev–Trinajstić information content (AvgIpc) is 2.63. The van der Waals surface area contributed by atoms with Crippen LogP contribution in [0.3, 0.4) is 0 Å². The van der Waals surface area contributed by atoms with Crippen LogP contribution < -0.4 is 10.1 Å². The number of aromatic nitrogens is 1. The van der Waals surface area contributed by atoms with Gasteiger partial charge in [-0.25, -0.2) is 0 Å². The molecule has 0 amide bonds. The number of aliphatic hydroxyl groups is 1. The number of hydrogen-bond acceptors (Lipinski definition) is 5. The van der Waals surface area contributed by atoms with Gasteiger partial charge >= 0.3 is 0 Å². The largest absolute Gasteiger partial charge is 0.490 e. The number of nitrogens with one attached hydrogen (secondary N) is 1. The maximum atomic E-state index is 9.33. The van der Waals surface area contributed by atoms with E-state index in [0.29, 0.717) is 11.6 Å². The van der Waals surface area contributed by atoms with Gasteiger partial charge in [0.05, 0.1) is 11.7 Å². The van der Waals surface area contributed by atoms with Crippen LogP contribution in [0.5, 0.6) is 5.75 Å². The molecule has 2 aromatic rings. The monoisotopic (exact) mass is 325 g/mol. The predicted octanol–water partition coefficient (Wildman–Crippen LogP) is 2.77. The van der Waals surface area contributed by atoms with Gasteiger partial charge in [0.15, 0.2) is 0 Å². The molecule has 1 heterocycles. The zero-order chi connectivity index (χ0) is 16.8. The van der Waals surface area contributed by atoms with Crippen molar-refractivity contribution in [3.8, 4) is 11.8 Å². The van der Waals surface area contributed by atoms with E-state index in [9.17, 15) is 5.26 Å². The number of nitrogens with zero attached hydrogens (tertiary/aromatic N) is 2. The van der Waals surface area contributed by atoms with Crippen LogP contribution in [0.25, 0.3) is 10.8 Å². The molecule has 0 radical (unpaired) electrons. The van der Waals surface area contributed by atoms with Crippen molar-refractivity contribution in [2.45, 2.75) is 44.2 Å². The van der Waals surface area contributed by atoms with Gasteiger partial charge in [-0.15, -0.1) is 0 Å². The smallest absolute Gasteiger partial charge is 0.128 e. The number of fused-ring (bicyclic) bond motifs is 1. The zero-order valence-electron chi connectivity index (χ0n) is 13.7. The Kier molecular flexibility index (Phi) is 5.63. The second kappa shape index (κ2) is 8.09. The number of benzene rings is 1.